The fourth-order valence-electron chi connectivity index (χ4n) is 1.54. The highest BCUT2D eigenvalue weighted by molar-refractivity contribution is 7.09. The van der Waals surface area contributed by atoms with E-state index in [4.69, 9.17) is 4.74 Å². The van der Waals surface area contributed by atoms with Gasteiger partial charge < -0.3 is 4.74 Å². The van der Waals surface area contributed by atoms with Gasteiger partial charge in [-0.1, -0.05) is 13.8 Å². The van der Waals surface area contributed by atoms with Crippen LogP contribution in [0.15, 0.2) is 11.7 Å². The third-order valence-corrected chi connectivity index (χ3v) is 3.74. The smallest absolute Gasteiger partial charge is 0.0794 e. The minimum absolute atomic E-state index is 0.279. The van der Waals surface area contributed by atoms with Crippen molar-refractivity contribution in [2.75, 3.05) is 13.2 Å². The molecule has 0 spiro atoms. The van der Waals surface area contributed by atoms with Crippen LogP contribution in [-0.2, 0) is 10.2 Å². The number of hydrogen-bond donors (Lipinski definition) is 0. The first-order valence-corrected chi connectivity index (χ1v) is 5.10. The molecule has 0 amide bonds. The first-order chi connectivity index (χ1) is 5.76. The Morgan fingerprint density at radius 3 is 2.67 bits per heavy atom. The van der Waals surface area contributed by atoms with Gasteiger partial charge in [-0.3, -0.25) is 4.98 Å². The SMILES string of the molecule is CC(C)C1(c2cncs2)COC1. The van der Waals surface area contributed by atoms with Crippen LogP contribution in [0, 0.1) is 5.92 Å². The molecule has 0 bridgehead atoms. The first kappa shape index (κ1) is 8.20. The van der Waals surface area contributed by atoms with Gasteiger partial charge in [-0.05, 0) is 5.92 Å². The summed E-state index contributed by atoms with van der Waals surface area (Å²) in [5.41, 5.74) is 2.18. The maximum Gasteiger partial charge on any atom is 0.0794 e. The van der Waals surface area contributed by atoms with Crippen LogP contribution in [0.4, 0.5) is 0 Å². The van der Waals surface area contributed by atoms with Gasteiger partial charge in [0.15, 0.2) is 0 Å². The number of rotatable bonds is 2. The lowest BCUT2D eigenvalue weighted by Gasteiger charge is -2.43. The predicted octanol–water partition coefficient (Wildman–Crippen LogP) is 2.07. The summed E-state index contributed by atoms with van der Waals surface area (Å²) < 4.78 is 5.30. The minimum atomic E-state index is 0.279. The zero-order valence-corrected chi connectivity index (χ0v) is 8.23. The minimum Gasteiger partial charge on any atom is -0.379 e. The van der Waals surface area contributed by atoms with Gasteiger partial charge >= 0.3 is 0 Å². The van der Waals surface area contributed by atoms with Gasteiger partial charge in [0.1, 0.15) is 0 Å². The third kappa shape index (κ3) is 1.00. The van der Waals surface area contributed by atoms with E-state index in [0.717, 1.165) is 13.2 Å². The molecular formula is C9H13NOS. The molecule has 3 heteroatoms. The Morgan fingerprint density at radius 2 is 2.33 bits per heavy atom. The molecule has 2 rings (SSSR count). The van der Waals surface area contributed by atoms with Crippen molar-refractivity contribution in [3.8, 4) is 0 Å². The summed E-state index contributed by atoms with van der Waals surface area (Å²) in [6.07, 6.45) is 1.98. The average Bonchev–Trinajstić information content (AvgIpc) is 2.35. The van der Waals surface area contributed by atoms with E-state index in [1.54, 1.807) is 11.3 Å². The molecular weight excluding hydrogens is 170 g/mol. The van der Waals surface area contributed by atoms with Gasteiger partial charge in [-0.15, -0.1) is 11.3 Å². The van der Waals surface area contributed by atoms with Gasteiger partial charge in [0.05, 0.1) is 24.1 Å². The Morgan fingerprint density at radius 1 is 1.58 bits per heavy atom. The molecule has 1 saturated heterocycles. The zero-order chi connectivity index (χ0) is 8.60. The Balaban J connectivity index is 2.29. The van der Waals surface area contributed by atoms with E-state index in [0.29, 0.717) is 5.92 Å². The van der Waals surface area contributed by atoms with E-state index >= 15 is 0 Å². The van der Waals surface area contributed by atoms with Gasteiger partial charge in [0, 0.05) is 11.1 Å². The monoisotopic (exact) mass is 183 g/mol. The largest absolute Gasteiger partial charge is 0.379 e. The van der Waals surface area contributed by atoms with Crippen molar-refractivity contribution in [3.05, 3.63) is 16.6 Å². The van der Waals surface area contributed by atoms with Crippen molar-refractivity contribution >= 4 is 11.3 Å². The van der Waals surface area contributed by atoms with Crippen molar-refractivity contribution in [2.45, 2.75) is 19.3 Å². The van der Waals surface area contributed by atoms with Crippen molar-refractivity contribution in [3.63, 3.8) is 0 Å². The van der Waals surface area contributed by atoms with E-state index in [2.05, 4.69) is 18.8 Å². The van der Waals surface area contributed by atoms with Crippen molar-refractivity contribution in [1.29, 1.82) is 0 Å². The second-order valence-corrected chi connectivity index (χ2v) is 4.56. The highest BCUT2D eigenvalue weighted by atomic mass is 32.1. The summed E-state index contributed by atoms with van der Waals surface area (Å²) in [4.78, 5) is 5.49. The molecule has 12 heavy (non-hydrogen) atoms. The molecule has 0 saturated carbocycles. The van der Waals surface area contributed by atoms with Crippen LogP contribution in [-0.4, -0.2) is 18.2 Å². The summed E-state index contributed by atoms with van der Waals surface area (Å²) >= 11 is 1.74. The van der Waals surface area contributed by atoms with Crippen molar-refractivity contribution < 1.29 is 4.74 Å². The molecule has 0 aliphatic carbocycles. The fourth-order valence-corrected chi connectivity index (χ4v) is 2.49. The van der Waals surface area contributed by atoms with Crippen LogP contribution < -0.4 is 0 Å². The summed E-state index contributed by atoms with van der Waals surface area (Å²) in [5.74, 6) is 0.645. The predicted molar refractivity (Wildman–Crippen MR) is 49.4 cm³/mol. The molecule has 1 aliphatic rings. The maximum atomic E-state index is 5.30. The summed E-state index contributed by atoms with van der Waals surface area (Å²) in [6, 6.07) is 0. The van der Waals surface area contributed by atoms with E-state index in [1.165, 1.54) is 4.88 Å². The Kier molecular flexibility index (Phi) is 1.93. The Labute approximate surface area is 76.6 Å². The number of hydrogen-bond acceptors (Lipinski definition) is 3. The topological polar surface area (TPSA) is 22.1 Å². The second-order valence-electron chi connectivity index (χ2n) is 3.67. The molecule has 1 aromatic heterocycles. The standard InChI is InChI=1S/C9H13NOS/c1-7(2)9(4-11-5-9)8-3-10-6-12-8/h3,6-7H,4-5H2,1-2H3. The van der Waals surface area contributed by atoms with E-state index < -0.39 is 0 Å². The van der Waals surface area contributed by atoms with Gasteiger partial charge in [0.2, 0.25) is 0 Å². The number of ether oxygens (including phenoxy) is 1. The molecule has 1 aliphatic heterocycles. The maximum absolute atomic E-state index is 5.30. The lowest BCUT2D eigenvalue weighted by molar-refractivity contribution is -0.0818. The third-order valence-electron chi connectivity index (χ3n) is 2.75. The van der Waals surface area contributed by atoms with E-state index in [9.17, 15) is 0 Å². The normalized spacial score (nSPS) is 20.9. The molecule has 0 radical (unpaired) electrons. The van der Waals surface area contributed by atoms with Crippen LogP contribution in [0.1, 0.15) is 18.7 Å². The van der Waals surface area contributed by atoms with Gasteiger partial charge in [-0.2, -0.15) is 0 Å². The van der Waals surface area contributed by atoms with Gasteiger partial charge in [-0.25, -0.2) is 0 Å². The molecule has 66 valence electrons. The van der Waals surface area contributed by atoms with E-state index in [1.807, 2.05) is 11.7 Å². The Hall–Kier alpha value is -0.410. The highest BCUT2D eigenvalue weighted by Crippen LogP contribution is 2.40. The van der Waals surface area contributed by atoms with E-state index in [-0.39, 0.29) is 5.41 Å². The lowest BCUT2D eigenvalue weighted by Crippen LogP contribution is -2.50. The van der Waals surface area contributed by atoms with Crippen LogP contribution >= 0.6 is 11.3 Å². The summed E-state index contributed by atoms with van der Waals surface area (Å²) in [7, 11) is 0. The lowest BCUT2D eigenvalue weighted by atomic mass is 9.74. The molecule has 2 nitrogen and oxygen atoms in total. The second kappa shape index (κ2) is 2.82. The zero-order valence-electron chi connectivity index (χ0n) is 7.41. The van der Waals surface area contributed by atoms with Crippen LogP contribution in [0.25, 0.3) is 0 Å². The number of aromatic nitrogens is 1. The van der Waals surface area contributed by atoms with Crippen LogP contribution in [0.5, 0.6) is 0 Å². The Bertz CT molecular complexity index is 252. The average molecular weight is 183 g/mol. The van der Waals surface area contributed by atoms with Crippen molar-refractivity contribution in [1.82, 2.24) is 4.98 Å². The molecule has 0 N–H and O–H groups in total. The van der Waals surface area contributed by atoms with Crippen molar-refractivity contribution in [2.24, 2.45) is 5.92 Å². The first-order valence-electron chi connectivity index (χ1n) is 4.22. The summed E-state index contributed by atoms with van der Waals surface area (Å²) in [5, 5.41) is 0. The molecule has 0 unspecified atom stereocenters. The highest BCUT2D eigenvalue weighted by Gasteiger charge is 2.44. The molecule has 1 aromatic rings. The van der Waals surface area contributed by atoms with Gasteiger partial charge in [0.25, 0.3) is 0 Å². The number of nitrogens with zero attached hydrogens (tertiary/aromatic N) is 1. The molecule has 0 atom stereocenters. The molecule has 0 aromatic carbocycles. The molecule has 1 fully saturated rings. The molecule has 2 heterocycles. The summed E-state index contributed by atoms with van der Waals surface area (Å²) in [6.45, 7) is 6.24. The quantitative estimate of drug-likeness (QED) is 0.700. The van der Waals surface area contributed by atoms with Crippen LogP contribution in [0.2, 0.25) is 0 Å². The number of thiazole rings is 1. The van der Waals surface area contributed by atoms with Crippen LogP contribution in [0.3, 0.4) is 0 Å². The fraction of sp³-hybridized carbons (Fsp3) is 0.667.